The number of carboxylic acid groups (broad SMARTS) is 1. The summed E-state index contributed by atoms with van der Waals surface area (Å²) in [7, 11) is 1.30. The fourth-order valence-corrected chi connectivity index (χ4v) is 4.84. The molecule has 1 saturated heterocycles. The summed E-state index contributed by atoms with van der Waals surface area (Å²) < 4.78 is 0.384. The Hall–Kier alpha value is -1.23. The SMILES string of the molecule is CONC(=O)CSC1=C(C(=O)O)N2C(=O)C(C(C)O)[C@H]2S1. The van der Waals surface area contributed by atoms with E-state index in [1.165, 1.54) is 30.7 Å². The number of hydrogen-bond acceptors (Lipinski definition) is 7. The molecule has 2 heterocycles. The Kier molecular flexibility index (Phi) is 4.81. The summed E-state index contributed by atoms with van der Waals surface area (Å²) in [6.07, 6.45) is -0.845. The molecule has 21 heavy (non-hydrogen) atoms. The molecule has 0 aliphatic carbocycles. The molecule has 2 rings (SSSR count). The first-order valence-corrected chi connectivity index (χ1v) is 7.85. The highest BCUT2D eigenvalue weighted by atomic mass is 32.2. The summed E-state index contributed by atoms with van der Waals surface area (Å²) in [5.41, 5.74) is 2.00. The number of aliphatic hydroxyl groups is 1. The molecule has 2 unspecified atom stereocenters. The van der Waals surface area contributed by atoms with Crippen molar-refractivity contribution >= 4 is 41.3 Å². The van der Waals surface area contributed by atoms with Gasteiger partial charge in [-0.25, -0.2) is 10.3 Å². The Morgan fingerprint density at radius 2 is 2.24 bits per heavy atom. The molecule has 0 radical (unpaired) electrons. The molecule has 0 aromatic rings. The van der Waals surface area contributed by atoms with Crippen LogP contribution in [0.3, 0.4) is 0 Å². The minimum Gasteiger partial charge on any atom is -0.477 e. The average molecular weight is 334 g/mol. The molecule has 0 saturated carbocycles. The predicted octanol–water partition coefficient (Wildman–Crippen LogP) is -0.437. The van der Waals surface area contributed by atoms with Gasteiger partial charge in [-0.15, -0.1) is 11.8 Å². The highest BCUT2D eigenvalue weighted by Gasteiger charge is 2.57. The number of aliphatic hydroxyl groups excluding tert-OH is 1. The number of thioether (sulfide) groups is 2. The van der Waals surface area contributed by atoms with Crippen LogP contribution < -0.4 is 5.48 Å². The molecule has 8 nitrogen and oxygen atoms in total. The number of rotatable bonds is 6. The highest BCUT2D eigenvalue weighted by molar-refractivity contribution is 8.23. The lowest BCUT2D eigenvalue weighted by Gasteiger charge is -2.43. The number of carbonyl (C=O) groups excluding carboxylic acids is 2. The zero-order valence-electron chi connectivity index (χ0n) is 11.2. The summed E-state index contributed by atoms with van der Waals surface area (Å²) in [5, 5.41) is 18.4. The van der Waals surface area contributed by atoms with Crippen LogP contribution in [-0.4, -0.2) is 57.2 Å². The van der Waals surface area contributed by atoms with E-state index in [1.807, 2.05) is 0 Å². The molecule has 2 aliphatic rings. The number of carboxylic acids is 1. The summed E-state index contributed by atoms with van der Waals surface area (Å²) >= 11 is 2.21. The molecule has 0 aromatic heterocycles. The van der Waals surface area contributed by atoms with Gasteiger partial charge in [-0.1, -0.05) is 11.8 Å². The summed E-state index contributed by atoms with van der Waals surface area (Å²) in [5.74, 6) is -2.68. The van der Waals surface area contributed by atoms with Gasteiger partial charge in [0.15, 0.2) is 5.70 Å². The monoisotopic (exact) mass is 334 g/mol. The van der Waals surface area contributed by atoms with Gasteiger partial charge in [-0.2, -0.15) is 0 Å². The van der Waals surface area contributed by atoms with Crippen LogP contribution >= 0.6 is 23.5 Å². The van der Waals surface area contributed by atoms with Crippen LogP contribution in [0.25, 0.3) is 0 Å². The van der Waals surface area contributed by atoms with E-state index in [9.17, 15) is 24.6 Å². The fourth-order valence-electron chi connectivity index (χ4n) is 2.13. The highest BCUT2D eigenvalue weighted by Crippen LogP contribution is 2.53. The van der Waals surface area contributed by atoms with Gasteiger partial charge in [-0.3, -0.25) is 19.3 Å². The van der Waals surface area contributed by atoms with Crippen LogP contribution in [0, 0.1) is 5.92 Å². The molecule has 2 amide bonds. The lowest BCUT2D eigenvalue weighted by molar-refractivity contribution is -0.156. The molecule has 3 N–H and O–H groups in total. The average Bonchev–Trinajstić information content (AvgIpc) is 2.70. The summed E-state index contributed by atoms with van der Waals surface area (Å²) in [4.78, 5) is 40.2. The van der Waals surface area contributed by atoms with E-state index in [-0.39, 0.29) is 11.4 Å². The quantitative estimate of drug-likeness (QED) is 0.442. The van der Waals surface area contributed by atoms with Crippen LogP contribution in [0.1, 0.15) is 6.92 Å². The van der Waals surface area contributed by atoms with Crippen LogP contribution in [-0.2, 0) is 19.2 Å². The summed E-state index contributed by atoms with van der Waals surface area (Å²) in [6, 6.07) is 0. The maximum Gasteiger partial charge on any atom is 0.354 e. The Balaban J connectivity index is 2.12. The second kappa shape index (κ2) is 6.26. The van der Waals surface area contributed by atoms with Gasteiger partial charge in [0.1, 0.15) is 5.37 Å². The van der Waals surface area contributed by atoms with Crippen molar-refractivity contribution in [1.29, 1.82) is 0 Å². The maximum atomic E-state index is 11.9. The van der Waals surface area contributed by atoms with Gasteiger partial charge >= 0.3 is 5.97 Å². The smallest absolute Gasteiger partial charge is 0.354 e. The Morgan fingerprint density at radius 1 is 1.57 bits per heavy atom. The molecule has 0 aromatic carbocycles. The van der Waals surface area contributed by atoms with E-state index in [1.54, 1.807) is 0 Å². The number of nitrogens with one attached hydrogen (secondary N) is 1. The van der Waals surface area contributed by atoms with Crippen LogP contribution in [0.15, 0.2) is 9.93 Å². The molecule has 116 valence electrons. The van der Waals surface area contributed by atoms with Crippen molar-refractivity contribution in [2.75, 3.05) is 12.9 Å². The van der Waals surface area contributed by atoms with Crippen molar-refractivity contribution in [2.45, 2.75) is 18.4 Å². The zero-order valence-corrected chi connectivity index (χ0v) is 12.9. The number of carbonyl (C=O) groups is 3. The molecule has 3 atom stereocenters. The molecular formula is C11H14N2O6S2. The van der Waals surface area contributed by atoms with Gasteiger partial charge in [0, 0.05) is 0 Å². The molecule has 1 fully saturated rings. The molecule has 2 aliphatic heterocycles. The van der Waals surface area contributed by atoms with Crippen molar-refractivity contribution < 1.29 is 29.4 Å². The van der Waals surface area contributed by atoms with Crippen molar-refractivity contribution in [3.05, 3.63) is 9.93 Å². The van der Waals surface area contributed by atoms with E-state index in [0.29, 0.717) is 4.24 Å². The van der Waals surface area contributed by atoms with Gasteiger partial charge in [0.05, 0.1) is 29.1 Å². The molecular weight excluding hydrogens is 320 g/mol. The second-order valence-corrected chi connectivity index (χ2v) is 6.81. The van der Waals surface area contributed by atoms with Crippen LogP contribution in [0.5, 0.6) is 0 Å². The fraction of sp³-hybridized carbons (Fsp3) is 0.545. The van der Waals surface area contributed by atoms with Crippen molar-refractivity contribution in [3.8, 4) is 0 Å². The number of amides is 2. The van der Waals surface area contributed by atoms with E-state index >= 15 is 0 Å². The Labute approximate surface area is 128 Å². The van der Waals surface area contributed by atoms with E-state index in [4.69, 9.17) is 0 Å². The number of β-lactam (4-membered cyclic amide) rings is 1. The third-order valence-corrected chi connectivity index (χ3v) is 5.68. The van der Waals surface area contributed by atoms with E-state index in [2.05, 4.69) is 10.3 Å². The summed E-state index contributed by atoms with van der Waals surface area (Å²) in [6.45, 7) is 1.50. The molecule has 0 bridgehead atoms. The van der Waals surface area contributed by atoms with Crippen LogP contribution in [0.2, 0.25) is 0 Å². The normalized spacial score (nSPS) is 25.5. The van der Waals surface area contributed by atoms with Gasteiger partial charge in [0.25, 0.3) is 5.91 Å². The van der Waals surface area contributed by atoms with Crippen LogP contribution in [0.4, 0.5) is 0 Å². The Bertz CT molecular complexity index is 521. The van der Waals surface area contributed by atoms with E-state index in [0.717, 1.165) is 11.8 Å². The van der Waals surface area contributed by atoms with E-state index < -0.39 is 35.2 Å². The second-order valence-electron chi connectivity index (χ2n) is 4.44. The number of hydrogen-bond donors (Lipinski definition) is 3. The van der Waals surface area contributed by atoms with Crippen molar-refractivity contribution in [2.24, 2.45) is 5.92 Å². The van der Waals surface area contributed by atoms with Gasteiger partial charge in [0.2, 0.25) is 5.91 Å². The maximum absolute atomic E-state index is 11.9. The number of fused-ring (bicyclic) bond motifs is 1. The zero-order chi connectivity index (χ0) is 15.7. The molecule has 10 heteroatoms. The minimum absolute atomic E-state index is 0.0267. The lowest BCUT2D eigenvalue weighted by Crippen LogP contribution is -2.60. The third kappa shape index (κ3) is 2.89. The van der Waals surface area contributed by atoms with Gasteiger partial charge < -0.3 is 10.2 Å². The van der Waals surface area contributed by atoms with Gasteiger partial charge in [-0.05, 0) is 6.92 Å². The predicted molar refractivity (Wildman–Crippen MR) is 75.7 cm³/mol. The van der Waals surface area contributed by atoms with Crippen molar-refractivity contribution in [1.82, 2.24) is 10.4 Å². The third-order valence-electron chi connectivity index (χ3n) is 3.02. The minimum atomic E-state index is -1.22. The number of hydroxylamine groups is 1. The molecule has 0 spiro atoms. The Morgan fingerprint density at radius 3 is 2.76 bits per heavy atom. The number of nitrogens with zero attached hydrogens (tertiary/aromatic N) is 1. The first-order valence-electron chi connectivity index (χ1n) is 5.98. The first kappa shape index (κ1) is 16.1. The first-order chi connectivity index (χ1) is 9.88. The van der Waals surface area contributed by atoms with Crippen molar-refractivity contribution in [3.63, 3.8) is 0 Å². The standard InChI is InChI=1S/C11H14N2O6S2/c1-4(14)6-8(16)13-7(10(17)18)11(21-9(6)13)20-3-5(15)12-19-2/h4,6,9,14H,3H2,1-2H3,(H,12,15)(H,17,18)/t4?,6?,9-/m1/s1. The largest absolute Gasteiger partial charge is 0.477 e. The number of aliphatic carboxylic acids is 1. The topological polar surface area (TPSA) is 116 Å². The lowest BCUT2D eigenvalue weighted by atomic mass is 9.92.